The van der Waals surface area contributed by atoms with E-state index in [2.05, 4.69) is 22.1 Å². The topological polar surface area (TPSA) is 67.8 Å². The van der Waals surface area contributed by atoms with Crippen LogP contribution in [0.1, 0.15) is 42.3 Å². The molecule has 0 N–H and O–H groups in total. The number of carbonyl (C=O) groups excluding carboxylic acids is 1. The number of hydrogen-bond acceptors (Lipinski definition) is 5. The maximum absolute atomic E-state index is 13.6. The molecule has 1 fully saturated rings. The summed E-state index contributed by atoms with van der Waals surface area (Å²) in [5, 5.41) is 0. The predicted octanol–water partition coefficient (Wildman–Crippen LogP) is 6.02. The summed E-state index contributed by atoms with van der Waals surface area (Å²) in [7, 11) is 0. The number of benzene rings is 3. The standard InChI is InChI=1S/C31H32N4O3/c1-23(2)35-28(26-16-10-5-11-17-26)19-34(31(35)36)18-27-29(37-20-24-12-6-3-7-13-24)30(33-22-32-27)38-21-25-14-8-4-9-15-25/h3-17,22-23,28H,18-21H2,1-2H3. The Kier molecular flexibility index (Phi) is 7.83. The molecule has 1 saturated heterocycles. The van der Waals surface area contributed by atoms with Crippen LogP contribution in [-0.4, -0.2) is 38.4 Å². The van der Waals surface area contributed by atoms with Crippen molar-refractivity contribution in [2.45, 2.75) is 45.7 Å². The number of hydrogen-bond donors (Lipinski definition) is 0. The van der Waals surface area contributed by atoms with Crippen molar-refractivity contribution in [3.05, 3.63) is 120 Å². The number of aromatic nitrogens is 2. The summed E-state index contributed by atoms with van der Waals surface area (Å²) in [5.41, 5.74) is 3.77. The van der Waals surface area contributed by atoms with E-state index >= 15 is 0 Å². The molecule has 7 heteroatoms. The van der Waals surface area contributed by atoms with Crippen LogP contribution in [0.2, 0.25) is 0 Å². The highest BCUT2D eigenvalue weighted by Gasteiger charge is 2.40. The van der Waals surface area contributed by atoms with Gasteiger partial charge in [0.2, 0.25) is 5.75 Å². The summed E-state index contributed by atoms with van der Waals surface area (Å²) < 4.78 is 12.4. The van der Waals surface area contributed by atoms with E-state index in [0.29, 0.717) is 43.6 Å². The van der Waals surface area contributed by atoms with Gasteiger partial charge in [-0.1, -0.05) is 91.0 Å². The summed E-state index contributed by atoms with van der Waals surface area (Å²) in [6, 6.07) is 30.0. The zero-order valence-corrected chi connectivity index (χ0v) is 21.7. The second-order valence-electron chi connectivity index (χ2n) is 9.59. The minimum atomic E-state index is -0.0342. The average molecular weight is 509 g/mol. The van der Waals surface area contributed by atoms with Gasteiger partial charge in [0, 0.05) is 12.6 Å². The van der Waals surface area contributed by atoms with Crippen molar-refractivity contribution < 1.29 is 14.3 Å². The summed E-state index contributed by atoms with van der Waals surface area (Å²) in [6.07, 6.45) is 1.47. The fraction of sp³-hybridized carbons (Fsp3) is 0.258. The number of ether oxygens (including phenoxy) is 2. The van der Waals surface area contributed by atoms with E-state index in [1.807, 2.05) is 103 Å². The Morgan fingerprint density at radius 1 is 0.816 bits per heavy atom. The number of amides is 2. The van der Waals surface area contributed by atoms with Crippen molar-refractivity contribution in [1.29, 1.82) is 0 Å². The second kappa shape index (κ2) is 11.8. The average Bonchev–Trinajstić information content (AvgIpc) is 3.28. The summed E-state index contributed by atoms with van der Waals surface area (Å²) in [4.78, 5) is 26.3. The van der Waals surface area contributed by atoms with E-state index < -0.39 is 0 Å². The van der Waals surface area contributed by atoms with Crippen LogP contribution < -0.4 is 9.47 Å². The van der Waals surface area contributed by atoms with E-state index in [-0.39, 0.29) is 18.1 Å². The maximum Gasteiger partial charge on any atom is 0.321 e. The zero-order valence-electron chi connectivity index (χ0n) is 21.7. The Bertz CT molecular complexity index is 1330. The van der Waals surface area contributed by atoms with Crippen LogP contribution in [0.3, 0.4) is 0 Å². The Morgan fingerprint density at radius 2 is 1.39 bits per heavy atom. The molecule has 1 aromatic heterocycles. The second-order valence-corrected chi connectivity index (χ2v) is 9.59. The highest BCUT2D eigenvalue weighted by molar-refractivity contribution is 5.78. The molecule has 0 radical (unpaired) electrons. The van der Waals surface area contributed by atoms with Gasteiger partial charge in [-0.15, -0.1) is 0 Å². The first kappa shape index (κ1) is 25.3. The van der Waals surface area contributed by atoms with Gasteiger partial charge in [-0.3, -0.25) is 0 Å². The van der Waals surface area contributed by atoms with Gasteiger partial charge >= 0.3 is 6.03 Å². The lowest BCUT2D eigenvalue weighted by molar-refractivity contribution is 0.171. The van der Waals surface area contributed by atoms with E-state index in [9.17, 15) is 4.79 Å². The van der Waals surface area contributed by atoms with Crippen LogP contribution in [-0.2, 0) is 19.8 Å². The molecule has 2 amide bonds. The third kappa shape index (κ3) is 5.78. The number of carbonyl (C=O) groups is 1. The fourth-order valence-corrected chi connectivity index (χ4v) is 4.71. The largest absolute Gasteiger partial charge is 0.482 e. The van der Waals surface area contributed by atoms with E-state index in [1.54, 1.807) is 0 Å². The van der Waals surface area contributed by atoms with Gasteiger partial charge in [0.1, 0.15) is 25.2 Å². The monoisotopic (exact) mass is 508 g/mol. The van der Waals surface area contributed by atoms with Crippen molar-refractivity contribution in [2.75, 3.05) is 6.54 Å². The first-order chi connectivity index (χ1) is 18.6. The fourth-order valence-electron chi connectivity index (χ4n) is 4.71. The molecule has 194 valence electrons. The Morgan fingerprint density at radius 3 is 2.00 bits per heavy atom. The minimum absolute atomic E-state index is 0.0202. The summed E-state index contributed by atoms with van der Waals surface area (Å²) in [5.74, 6) is 0.820. The summed E-state index contributed by atoms with van der Waals surface area (Å²) in [6.45, 7) is 5.63. The lowest BCUT2D eigenvalue weighted by Gasteiger charge is -2.27. The molecule has 1 unspecified atom stereocenters. The number of nitrogens with zero attached hydrogens (tertiary/aromatic N) is 4. The third-order valence-corrected chi connectivity index (χ3v) is 6.59. The maximum atomic E-state index is 13.6. The molecular formula is C31H32N4O3. The van der Waals surface area contributed by atoms with Gasteiger partial charge in [-0.05, 0) is 30.5 Å². The van der Waals surface area contributed by atoms with Crippen LogP contribution in [0.25, 0.3) is 0 Å². The van der Waals surface area contributed by atoms with Gasteiger partial charge in [0.15, 0.2) is 0 Å². The molecule has 1 atom stereocenters. The molecule has 38 heavy (non-hydrogen) atoms. The molecule has 0 aliphatic carbocycles. The number of urea groups is 1. The van der Waals surface area contributed by atoms with Gasteiger partial charge in [0.05, 0.1) is 12.6 Å². The van der Waals surface area contributed by atoms with Gasteiger partial charge in [-0.2, -0.15) is 4.98 Å². The van der Waals surface area contributed by atoms with Crippen molar-refractivity contribution in [1.82, 2.24) is 19.8 Å². The van der Waals surface area contributed by atoms with Crippen LogP contribution in [0, 0.1) is 0 Å². The predicted molar refractivity (Wildman–Crippen MR) is 146 cm³/mol. The zero-order chi connectivity index (χ0) is 26.3. The molecule has 3 aromatic carbocycles. The van der Waals surface area contributed by atoms with Crippen LogP contribution in [0.4, 0.5) is 4.79 Å². The highest BCUT2D eigenvalue weighted by atomic mass is 16.5. The smallest absolute Gasteiger partial charge is 0.321 e. The Balaban J connectivity index is 1.41. The van der Waals surface area contributed by atoms with E-state index in [0.717, 1.165) is 16.7 Å². The van der Waals surface area contributed by atoms with Crippen molar-refractivity contribution >= 4 is 6.03 Å². The van der Waals surface area contributed by atoms with Crippen LogP contribution in [0.15, 0.2) is 97.3 Å². The Labute approximate surface area is 223 Å². The highest BCUT2D eigenvalue weighted by Crippen LogP contribution is 2.35. The first-order valence-electron chi connectivity index (χ1n) is 12.9. The van der Waals surface area contributed by atoms with Crippen LogP contribution in [0.5, 0.6) is 11.6 Å². The lowest BCUT2D eigenvalue weighted by atomic mass is 10.1. The normalized spacial score (nSPS) is 15.2. The van der Waals surface area contributed by atoms with Gasteiger partial charge in [0.25, 0.3) is 5.88 Å². The molecule has 1 aliphatic rings. The van der Waals surface area contributed by atoms with Crippen molar-refractivity contribution in [2.24, 2.45) is 0 Å². The van der Waals surface area contributed by atoms with Gasteiger partial charge in [-0.25, -0.2) is 9.78 Å². The molecule has 1 aliphatic heterocycles. The molecule has 4 aromatic rings. The molecular weight excluding hydrogens is 476 g/mol. The first-order valence-corrected chi connectivity index (χ1v) is 12.9. The van der Waals surface area contributed by atoms with E-state index in [4.69, 9.17) is 9.47 Å². The van der Waals surface area contributed by atoms with Crippen molar-refractivity contribution in [3.8, 4) is 11.6 Å². The van der Waals surface area contributed by atoms with Crippen LogP contribution >= 0.6 is 0 Å². The SMILES string of the molecule is CC(C)N1C(=O)N(Cc2ncnc(OCc3ccccc3)c2OCc2ccccc2)CC1c1ccccc1. The Hall–Kier alpha value is -4.39. The molecule has 5 rings (SSSR count). The van der Waals surface area contributed by atoms with Gasteiger partial charge < -0.3 is 19.3 Å². The molecule has 0 saturated carbocycles. The number of rotatable bonds is 10. The lowest BCUT2D eigenvalue weighted by Crippen LogP contribution is -2.37. The summed E-state index contributed by atoms with van der Waals surface area (Å²) >= 11 is 0. The molecule has 0 spiro atoms. The quantitative estimate of drug-likeness (QED) is 0.262. The molecule has 2 heterocycles. The van der Waals surface area contributed by atoms with E-state index in [1.165, 1.54) is 6.33 Å². The van der Waals surface area contributed by atoms with Crippen molar-refractivity contribution in [3.63, 3.8) is 0 Å². The molecule has 7 nitrogen and oxygen atoms in total. The minimum Gasteiger partial charge on any atom is -0.482 e. The third-order valence-electron chi connectivity index (χ3n) is 6.59. The molecule has 0 bridgehead atoms.